The first kappa shape index (κ1) is 48.4. The molecule has 0 aromatic rings. The van der Waals surface area contributed by atoms with Crippen LogP contribution in [0.25, 0.3) is 0 Å². The zero-order valence-corrected chi connectivity index (χ0v) is 33.1. The van der Waals surface area contributed by atoms with Crippen LogP contribution in [0.3, 0.4) is 0 Å². The highest BCUT2D eigenvalue weighted by Gasteiger charge is 2.27. The van der Waals surface area contributed by atoms with Crippen LogP contribution in [0, 0.1) is 0 Å². The average Bonchev–Trinajstić information content (AvgIpc) is 3.09. The van der Waals surface area contributed by atoms with Gasteiger partial charge in [0.05, 0.1) is 27.7 Å². The number of ether oxygens (including phenoxy) is 2. The first-order valence-corrected chi connectivity index (χ1v) is 19.9. The van der Waals surface area contributed by atoms with Gasteiger partial charge in [-0.3, -0.25) is 18.6 Å². The highest BCUT2D eigenvalue weighted by atomic mass is 31.2. The molecule has 0 saturated heterocycles. The van der Waals surface area contributed by atoms with E-state index in [1.807, 2.05) is 124 Å². The van der Waals surface area contributed by atoms with Gasteiger partial charge >= 0.3 is 19.8 Å². The van der Waals surface area contributed by atoms with E-state index in [1.165, 1.54) is 0 Å². The van der Waals surface area contributed by atoms with E-state index in [9.17, 15) is 19.0 Å². The third-order valence-electron chi connectivity index (χ3n) is 6.74. The molecule has 0 aromatic carbocycles. The Morgan fingerprint density at radius 1 is 0.596 bits per heavy atom. The van der Waals surface area contributed by atoms with Crippen LogP contribution >= 0.6 is 7.82 Å². The number of phosphoric ester groups is 1. The lowest BCUT2D eigenvalue weighted by Gasteiger charge is -2.24. The molecule has 0 fully saturated rings. The second-order valence-corrected chi connectivity index (χ2v) is 14.2. The molecular weight excluding hydrogens is 677 g/mol. The summed E-state index contributed by atoms with van der Waals surface area (Å²) in [6, 6.07) is 0. The van der Waals surface area contributed by atoms with Gasteiger partial charge in [0.15, 0.2) is 6.10 Å². The molecule has 1 N–H and O–H groups in total. The van der Waals surface area contributed by atoms with Crippen molar-refractivity contribution >= 4 is 19.8 Å². The van der Waals surface area contributed by atoms with Crippen molar-refractivity contribution in [2.24, 2.45) is 0 Å². The fourth-order valence-electron chi connectivity index (χ4n) is 3.88. The van der Waals surface area contributed by atoms with Crippen LogP contribution in [0.2, 0.25) is 0 Å². The number of hydrogen-bond acceptors (Lipinski definition) is 7. The Kier molecular flexibility index (Phi) is 31.0. The molecule has 9 nitrogen and oxygen atoms in total. The smallest absolute Gasteiger partial charge is 0.462 e. The van der Waals surface area contributed by atoms with Crippen LogP contribution in [-0.2, 0) is 32.7 Å². The van der Waals surface area contributed by atoms with E-state index < -0.39 is 32.5 Å². The van der Waals surface area contributed by atoms with Crippen molar-refractivity contribution in [2.45, 2.75) is 84.2 Å². The zero-order valence-electron chi connectivity index (χ0n) is 32.2. The van der Waals surface area contributed by atoms with Gasteiger partial charge in [0.25, 0.3) is 0 Å². The molecule has 290 valence electrons. The highest BCUT2D eigenvalue weighted by Crippen LogP contribution is 2.43. The molecule has 0 aromatic heterocycles. The van der Waals surface area contributed by atoms with Gasteiger partial charge in [-0.2, -0.15) is 0 Å². The predicted octanol–water partition coefficient (Wildman–Crippen LogP) is 9.78. The van der Waals surface area contributed by atoms with Gasteiger partial charge in [0.2, 0.25) is 0 Å². The molecule has 52 heavy (non-hydrogen) atoms. The van der Waals surface area contributed by atoms with Gasteiger partial charge in [-0.05, 0) is 44.9 Å². The third-order valence-corrected chi connectivity index (χ3v) is 7.73. The van der Waals surface area contributed by atoms with E-state index >= 15 is 0 Å². The fraction of sp³-hybridized carbons (Fsp3) is 0.476. The van der Waals surface area contributed by atoms with E-state index in [-0.39, 0.29) is 26.1 Å². The fourth-order valence-corrected chi connectivity index (χ4v) is 4.63. The largest absolute Gasteiger partial charge is 0.472 e. The third kappa shape index (κ3) is 36.2. The molecule has 0 saturated carbocycles. The minimum atomic E-state index is -4.41. The van der Waals surface area contributed by atoms with Crippen molar-refractivity contribution in [1.29, 1.82) is 0 Å². The van der Waals surface area contributed by atoms with Gasteiger partial charge in [0.1, 0.15) is 19.8 Å². The van der Waals surface area contributed by atoms with Crippen LogP contribution in [0.15, 0.2) is 122 Å². The number of likely N-dealkylation sites (N-methyl/N-ethyl adjacent to an activating group) is 1. The van der Waals surface area contributed by atoms with E-state index in [0.717, 1.165) is 32.1 Å². The lowest BCUT2D eigenvalue weighted by molar-refractivity contribution is -0.870. The maximum atomic E-state index is 12.6. The Balaban J connectivity index is 4.71. The molecule has 0 aliphatic rings. The van der Waals surface area contributed by atoms with Crippen LogP contribution in [0.5, 0.6) is 0 Å². The number of phosphoric acid groups is 1. The average molecular weight is 743 g/mol. The maximum Gasteiger partial charge on any atom is 0.472 e. The number of allylic oxidation sites excluding steroid dienone is 20. The van der Waals surface area contributed by atoms with Crippen molar-refractivity contribution < 1.29 is 42.1 Å². The Hall–Kier alpha value is -3.59. The molecular formula is C42H65NO8P+. The molecule has 0 heterocycles. The topological polar surface area (TPSA) is 108 Å². The van der Waals surface area contributed by atoms with Gasteiger partial charge in [-0.15, -0.1) is 0 Å². The molecule has 10 heteroatoms. The van der Waals surface area contributed by atoms with Crippen LogP contribution < -0.4 is 0 Å². The van der Waals surface area contributed by atoms with Gasteiger partial charge in [0, 0.05) is 12.8 Å². The number of nitrogens with zero attached hydrogens (tertiary/aromatic N) is 1. The molecule has 0 radical (unpaired) electrons. The lowest BCUT2D eigenvalue weighted by atomic mass is 10.1. The predicted molar refractivity (Wildman–Crippen MR) is 214 cm³/mol. The minimum Gasteiger partial charge on any atom is -0.462 e. The maximum absolute atomic E-state index is 12.6. The van der Waals surface area contributed by atoms with E-state index in [4.69, 9.17) is 18.5 Å². The van der Waals surface area contributed by atoms with Crippen molar-refractivity contribution in [3.05, 3.63) is 122 Å². The molecule has 0 rings (SSSR count). The summed E-state index contributed by atoms with van der Waals surface area (Å²) in [5.74, 6) is -0.955. The van der Waals surface area contributed by atoms with Crippen molar-refractivity contribution in [3.63, 3.8) is 0 Å². The monoisotopic (exact) mass is 742 g/mol. The number of carbonyl (C=O) groups is 2. The summed E-state index contributed by atoms with van der Waals surface area (Å²) in [5.41, 5.74) is 0. The summed E-state index contributed by atoms with van der Waals surface area (Å²) in [4.78, 5) is 35.1. The Bertz CT molecular complexity index is 1300. The van der Waals surface area contributed by atoms with Crippen molar-refractivity contribution in [1.82, 2.24) is 0 Å². The van der Waals surface area contributed by atoms with E-state index in [1.54, 1.807) is 0 Å². The second-order valence-electron chi connectivity index (χ2n) is 12.7. The van der Waals surface area contributed by atoms with Crippen molar-refractivity contribution in [3.8, 4) is 0 Å². The molecule has 2 atom stereocenters. The summed E-state index contributed by atoms with van der Waals surface area (Å²) in [6.45, 7) is 3.93. The van der Waals surface area contributed by atoms with Crippen LogP contribution in [0.1, 0.15) is 78.1 Å². The number of hydrogen-bond donors (Lipinski definition) is 1. The summed E-state index contributed by atoms with van der Waals surface area (Å²) in [6.07, 6.45) is 45.5. The van der Waals surface area contributed by atoms with Gasteiger partial charge in [-0.1, -0.05) is 142 Å². The molecule has 0 bridgehead atoms. The summed E-state index contributed by atoms with van der Waals surface area (Å²) in [7, 11) is 1.37. The normalized spacial score (nSPS) is 15.1. The number of quaternary nitrogens is 1. The standard InChI is InChI=1S/C42H64NO8P/c1-6-8-10-12-14-16-18-20-21-23-24-26-28-30-32-34-41(44)48-38-40(39-50-52(46,47)49-37-36-43(3,4)5)51-42(45)35-33-31-29-27-25-22-19-17-15-13-11-9-7-2/h8-25,27,29,40H,6-7,26,28,30-39H2,1-5H3/p+1/b10-8+,11-9+,14-12+,15-13+,18-16+,19-17+,21-20+,24-23+,25-22+,29-27+. The number of carbonyl (C=O) groups excluding carboxylic acids is 2. The Morgan fingerprint density at radius 2 is 1.06 bits per heavy atom. The summed E-state index contributed by atoms with van der Waals surface area (Å²) >= 11 is 0. The summed E-state index contributed by atoms with van der Waals surface area (Å²) in [5, 5.41) is 0. The van der Waals surface area contributed by atoms with Gasteiger partial charge in [-0.25, -0.2) is 4.57 Å². The van der Waals surface area contributed by atoms with Crippen molar-refractivity contribution in [2.75, 3.05) is 47.5 Å². The first-order valence-electron chi connectivity index (χ1n) is 18.4. The van der Waals surface area contributed by atoms with Crippen LogP contribution in [0.4, 0.5) is 0 Å². The van der Waals surface area contributed by atoms with E-state index in [0.29, 0.717) is 30.3 Å². The van der Waals surface area contributed by atoms with Crippen LogP contribution in [-0.4, -0.2) is 74.9 Å². The molecule has 0 aliphatic carbocycles. The number of rotatable bonds is 30. The SMILES string of the molecule is CC/C=C/C=C/C=C/C=C/C=C/CCCCCC(=O)OCC(COP(=O)(O)OCC[N+](C)(C)C)OC(=O)CCC/C=C/C=C/C=C/C=C/C=C/CC. The quantitative estimate of drug-likeness (QED) is 0.0255. The highest BCUT2D eigenvalue weighted by molar-refractivity contribution is 7.47. The molecule has 0 aliphatic heterocycles. The molecule has 2 unspecified atom stereocenters. The molecule has 0 spiro atoms. The lowest BCUT2D eigenvalue weighted by Crippen LogP contribution is -2.37. The number of unbranched alkanes of at least 4 members (excludes halogenated alkanes) is 4. The van der Waals surface area contributed by atoms with E-state index in [2.05, 4.69) is 32.1 Å². The Morgan fingerprint density at radius 3 is 1.56 bits per heavy atom. The number of esters is 2. The first-order chi connectivity index (χ1) is 25.0. The second kappa shape index (κ2) is 33.3. The zero-order chi connectivity index (χ0) is 38.6. The molecule has 0 amide bonds. The summed E-state index contributed by atoms with van der Waals surface area (Å²) < 4.78 is 34.0. The van der Waals surface area contributed by atoms with Gasteiger partial charge < -0.3 is 18.9 Å². The minimum absolute atomic E-state index is 0.00246. The Labute approximate surface area is 314 Å².